The fraction of sp³-hybridized carbons (Fsp3) is 0.115. The SMILES string of the molecule is NC(=O)COc1ccc([C@@H]2c3c(c4ccccc4oc3=O)O[C@@H]2C(=O)Nc2ccccc2)cc1. The number of benzene rings is 3. The number of primary amides is 1. The van der Waals surface area contributed by atoms with Gasteiger partial charge in [0.25, 0.3) is 11.8 Å². The Morgan fingerprint density at radius 1 is 0.941 bits per heavy atom. The molecule has 0 unspecified atom stereocenters. The van der Waals surface area contributed by atoms with Gasteiger partial charge in [0.15, 0.2) is 12.7 Å². The van der Waals surface area contributed by atoms with E-state index in [4.69, 9.17) is 19.6 Å². The molecule has 8 nitrogen and oxygen atoms in total. The predicted molar refractivity (Wildman–Crippen MR) is 125 cm³/mol. The van der Waals surface area contributed by atoms with Gasteiger partial charge >= 0.3 is 5.63 Å². The van der Waals surface area contributed by atoms with Gasteiger partial charge in [-0.25, -0.2) is 4.79 Å². The molecule has 0 spiro atoms. The zero-order valence-electron chi connectivity index (χ0n) is 17.9. The number of carbonyl (C=O) groups excluding carboxylic acids is 2. The van der Waals surface area contributed by atoms with Gasteiger partial charge in [-0.15, -0.1) is 0 Å². The maximum atomic E-state index is 13.3. The minimum absolute atomic E-state index is 0.258. The van der Waals surface area contributed by atoms with Crippen LogP contribution in [0.25, 0.3) is 11.0 Å². The summed E-state index contributed by atoms with van der Waals surface area (Å²) in [5.74, 6) is -0.948. The minimum atomic E-state index is -1.01. The Hall–Kier alpha value is -4.59. The van der Waals surface area contributed by atoms with Crippen molar-refractivity contribution in [1.82, 2.24) is 0 Å². The molecule has 1 aromatic heterocycles. The summed E-state index contributed by atoms with van der Waals surface area (Å²) >= 11 is 0. The van der Waals surface area contributed by atoms with E-state index in [1.165, 1.54) is 0 Å². The van der Waals surface area contributed by atoms with E-state index in [0.29, 0.717) is 33.7 Å². The molecule has 4 aromatic rings. The fourth-order valence-electron chi connectivity index (χ4n) is 4.08. The van der Waals surface area contributed by atoms with Crippen molar-refractivity contribution in [3.8, 4) is 11.5 Å². The summed E-state index contributed by atoms with van der Waals surface area (Å²) < 4.78 is 17.0. The molecule has 2 atom stereocenters. The van der Waals surface area contributed by atoms with E-state index >= 15 is 0 Å². The Morgan fingerprint density at radius 3 is 2.38 bits per heavy atom. The Morgan fingerprint density at radius 2 is 1.65 bits per heavy atom. The van der Waals surface area contributed by atoms with Crippen molar-refractivity contribution in [1.29, 1.82) is 0 Å². The smallest absolute Gasteiger partial charge is 0.344 e. The van der Waals surface area contributed by atoms with Crippen molar-refractivity contribution in [2.24, 2.45) is 5.73 Å². The number of nitrogens with two attached hydrogens (primary N) is 1. The quantitative estimate of drug-likeness (QED) is 0.430. The lowest BCUT2D eigenvalue weighted by Crippen LogP contribution is -2.35. The molecule has 170 valence electrons. The zero-order valence-corrected chi connectivity index (χ0v) is 17.9. The maximum Gasteiger partial charge on any atom is 0.344 e. The van der Waals surface area contributed by atoms with E-state index in [2.05, 4.69) is 5.32 Å². The van der Waals surface area contributed by atoms with E-state index in [-0.39, 0.29) is 12.2 Å². The Labute approximate surface area is 193 Å². The van der Waals surface area contributed by atoms with Crippen LogP contribution in [0.5, 0.6) is 11.5 Å². The van der Waals surface area contributed by atoms with E-state index in [9.17, 15) is 14.4 Å². The summed E-state index contributed by atoms with van der Waals surface area (Å²) in [5, 5.41) is 3.47. The van der Waals surface area contributed by atoms with Gasteiger partial charge in [-0.3, -0.25) is 9.59 Å². The van der Waals surface area contributed by atoms with Crippen LogP contribution < -0.4 is 26.1 Å². The molecule has 0 fully saturated rings. The van der Waals surface area contributed by atoms with Crippen LogP contribution in [0, 0.1) is 0 Å². The average molecular weight is 456 g/mol. The van der Waals surface area contributed by atoms with Crippen molar-refractivity contribution in [2.75, 3.05) is 11.9 Å². The summed E-state index contributed by atoms with van der Waals surface area (Å²) in [5.41, 5.74) is 6.48. The highest BCUT2D eigenvalue weighted by molar-refractivity contribution is 5.97. The molecule has 0 saturated heterocycles. The molecule has 2 heterocycles. The number of amides is 2. The highest BCUT2D eigenvalue weighted by atomic mass is 16.5. The number of fused-ring (bicyclic) bond motifs is 3. The number of nitrogens with one attached hydrogen (secondary N) is 1. The number of para-hydroxylation sites is 2. The number of hydrogen-bond acceptors (Lipinski definition) is 6. The molecule has 1 aliphatic rings. The molecule has 34 heavy (non-hydrogen) atoms. The summed E-state index contributed by atoms with van der Waals surface area (Å²) in [6.45, 7) is -0.258. The highest BCUT2D eigenvalue weighted by Crippen LogP contribution is 2.44. The van der Waals surface area contributed by atoms with Crippen LogP contribution in [-0.2, 0) is 9.59 Å². The maximum absolute atomic E-state index is 13.3. The summed E-state index contributed by atoms with van der Waals surface area (Å²) in [6, 6.07) is 22.8. The van der Waals surface area contributed by atoms with Gasteiger partial charge in [0.1, 0.15) is 17.1 Å². The van der Waals surface area contributed by atoms with Crippen LogP contribution in [-0.4, -0.2) is 24.5 Å². The lowest BCUT2D eigenvalue weighted by molar-refractivity contribution is -0.122. The molecular formula is C26H20N2O6. The van der Waals surface area contributed by atoms with Crippen molar-refractivity contribution in [3.05, 3.63) is 100 Å². The molecule has 3 aromatic carbocycles. The van der Waals surface area contributed by atoms with Crippen molar-refractivity contribution in [3.63, 3.8) is 0 Å². The number of anilines is 1. The van der Waals surface area contributed by atoms with Crippen LogP contribution in [0.15, 0.2) is 88.1 Å². The number of ether oxygens (including phenoxy) is 2. The Bertz CT molecular complexity index is 1430. The second-order valence-corrected chi connectivity index (χ2v) is 7.82. The third-order valence-electron chi connectivity index (χ3n) is 5.58. The summed E-state index contributed by atoms with van der Waals surface area (Å²) in [6.07, 6.45) is -1.01. The fourth-order valence-corrected chi connectivity index (χ4v) is 4.08. The first kappa shape index (κ1) is 21.3. The second-order valence-electron chi connectivity index (χ2n) is 7.82. The monoisotopic (exact) mass is 456 g/mol. The van der Waals surface area contributed by atoms with Crippen LogP contribution in [0.2, 0.25) is 0 Å². The Kier molecular flexibility index (Phi) is 5.47. The Balaban J connectivity index is 1.57. The third-order valence-corrected chi connectivity index (χ3v) is 5.58. The summed E-state index contributed by atoms with van der Waals surface area (Å²) in [4.78, 5) is 37.3. The first-order chi connectivity index (χ1) is 16.5. The topological polar surface area (TPSA) is 121 Å². The van der Waals surface area contributed by atoms with Gasteiger partial charge in [-0.2, -0.15) is 0 Å². The van der Waals surface area contributed by atoms with E-state index in [0.717, 1.165) is 0 Å². The second kappa shape index (κ2) is 8.74. The van der Waals surface area contributed by atoms with Gasteiger partial charge in [0.2, 0.25) is 0 Å². The normalized spacial score (nSPS) is 16.5. The molecular weight excluding hydrogens is 436 g/mol. The number of carbonyl (C=O) groups is 2. The molecule has 8 heteroatoms. The van der Waals surface area contributed by atoms with Crippen LogP contribution in [0.1, 0.15) is 17.0 Å². The molecule has 3 N–H and O–H groups in total. The van der Waals surface area contributed by atoms with Crippen LogP contribution in [0.3, 0.4) is 0 Å². The van der Waals surface area contributed by atoms with E-state index < -0.39 is 29.5 Å². The lowest BCUT2D eigenvalue weighted by atomic mass is 9.88. The first-order valence-electron chi connectivity index (χ1n) is 10.6. The zero-order chi connectivity index (χ0) is 23.7. The molecule has 0 saturated carbocycles. The third kappa shape index (κ3) is 3.97. The number of hydrogen-bond donors (Lipinski definition) is 2. The molecule has 0 radical (unpaired) electrons. The van der Waals surface area contributed by atoms with Gasteiger partial charge in [0, 0.05) is 5.69 Å². The minimum Gasteiger partial charge on any atom is -0.484 e. The van der Waals surface area contributed by atoms with Crippen molar-refractivity contribution >= 4 is 28.5 Å². The van der Waals surface area contributed by atoms with Gasteiger partial charge in [0.05, 0.1) is 16.9 Å². The van der Waals surface area contributed by atoms with Crippen LogP contribution in [0.4, 0.5) is 5.69 Å². The van der Waals surface area contributed by atoms with E-state index in [1.54, 1.807) is 54.6 Å². The number of rotatable bonds is 6. The average Bonchev–Trinajstić information content (AvgIpc) is 3.26. The lowest BCUT2D eigenvalue weighted by Gasteiger charge is -2.19. The van der Waals surface area contributed by atoms with Crippen molar-refractivity contribution in [2.45, 2.75) is 12.0 Å². The first-order valence-corrected chi connectivity index (χ1v) is 10.6. The van der Waals surface area contributed by atoms with Gasteiger partial charge in [-0.05, 0) is 42.0 Å². The molecule has 0 aliphatic carbocycles. The molecule has 5 rings (SSSR count). The van der Waals surface area contributed by atoms with Gasteiger partial charge in [-0.1, -0.05) is 42.5 Å². The molecule has 1 aliphatic heterocycles. The summed E-state index contributed by atoms with van der Waals surface area (Å²) in [7, 11) is 0. The largest absolute Gasteiger partial charge is 0.484 e. The highest BCUT2D eigenvalue weighted by Gasteiger charge is 2.44. The predicted octanol–water partition coefficient (Wildman–Crippen LogP) is 3.19. The van der Waals surface area contributed by atoms with Gasteiger partial charge < -0.3 is 24.9 Å². The van der Waals surface area contributed by atoms with Crippen molar-refractivity contribution < 1.29 is 23.5 Å². The van der Waals surface area contributed by atoms with Crippen LogP contribution >= 0.6 is 0 Å². The molecule has 2 amide bonds. The molecule has 0 bridgehead atoms. The standard InChI is InChI=1S/C26H20N2O6/c27-20(29)14-32-17-12-10-15(11-13-17)21-22-23(18-8-4-5-9-19(18)33-26(22)31)34-24(21)25(30)28-16-6-2-1-3-7-16/h1-13,21,24H,14H2,(H2,27,29)(H,28,30)/t21-,24+/m1/s1. The van der Waals surface area contributed by atoms with E-state index in [1.807, 2.05) is 24.3 Å².